The molecule has 0 saturated carbocycles. The Morgan fingerprint density at radius 2 is 2.00 bits per heavy atom. The highest BCUT2D eigenvalue weighted by Crippen LogP contribution is 2.27. The second-order valence-electron chi connectivity index (χ2n) is 3.33. The van der Waals surface area contributed by atoms with E-state index in [-0.39, 0.29) is 6.54 Å². The van der Waals surface area contributed by atoms with Crippen LogP contribution in [0.4, 0.5) is 13.2 Å². The zero-order valence-electron chi connectivity index (χ0n) is 8.65. The molecule has 0 aliphatic heterocycles. The van der Waals surface area contributed by atoms with Gasteiger partial charge in [0.15, 0.2) is 11.5 Å². The monoisotopic (exact) mass is 242 g/mol. The maximum absolute atomic E-state index is 12.3. The largest absolute Gasteiger partial charge is 0.435 e. The quantitative estimate of drug-likeness (QED) is 0.872. The fourth-order valence-electron chi connectivity index (χ4n) is 1.31. The van der Waals surface area contributed by atoms with Gasteiger partial charge in [-0.2, -0.15) is 18.3 Å². The van der Waals surface area contributed by atoms with Gasteiger partial charge >= 0.3 is 6.18 Å². The molecule has 90 valence electrons. The number of hydrogen-bond donors (Lipinski definition) is 1. The Morgan fingerprint density at radius 3 is 2.59 bits per heavy atom. The van der Waals surface area contributed by atoms with E-state index in [0.29, 0.717) is 11.5 Å². The summed E-state index contributed by atoms with van der Waals surface area (Å²) in [6.07, 6.45) is -3.23. The lowest BCUT2D eigenvalue weighted by molar-refractivity contribution is -0.141. The van der Waals surface area contributed by atoms with Crippen molar-refractivity contribution in [1.82, 2.24) is 14.8 Å². The van der Waals surface area contributed by atoms with Crippen molar-refractivity contribution in [3.63, 3.8) is 0 Å². The van der Waals surface area contributed by atoms with Crippen LogP contribution in [0.5, 0.6) is 0 Å². The minimum atomic E-state index is -4.45. The molecule has 0 aliphatic rings. The van der Waals surface area contributed by atoms with E-state index in [0.717, 1.165) is 10.7 Å². The number of alkyl halides is 3. The van der Waals surface area contributed by atoms with E-state index in [4.69, 9.17) is 5.73 Å². The van der Waals surface area contributed by atoms with Crippen LogP contribution in [0.2, 0.25) is 0 Å². The maximum atomic E-state index is 12.3. The first-order chi connectivity index (χ1) is 8.00. The number of halogens is 3. The van der Waals surface area contributed by atoms with E-state index in [1.807, 2.05) is 0 Å². The van der Waals surface area contributed by atoms with E-state index >= 15 is 0 Å². The Kier molecular flexibility index (Phi) is 2.84. The highest BCUT2D eigenvalue weighted by Gasteiger charge is 2.33. The second-order valence-corrected chi connectivity index (χ2v) is 3.33. The van der Waals surface area contributed by atoms with Crippen LogP contribution >= 0.6 is 0 Å². The minimum Gasteiger partial charge on any atom is -0.325 e. The van der Waals surface area contributed by atoms with Gasteiger partial charge in [0.1, 0.15) is 0 Å². The fraction of sp³-hybridized carbons (Fsp3) is 0.200. The lowest BCUT2D eigenvalue weighted by Crippen LogP contribution is -2.08. The number of hydrogen-bond acceptors (Lipinski definition) is 3. The van der Waals surface area contributed by atoms with Crippen LogP contribution in [0.1, 0.15) is 11.4 Å². The van der Waals surface area contributed by atoms with Crippen molar-refractivity contribution >= 4 is 0 Å². The number of nitrogens with two attached hydrogens (primary N) is 1. The van der Waals surface area contributed by atoms with Crippen molar-refractivity contribution in [3.8, 4) is 5.82 Å². The molecule has 2 heterocycles. The number of nitrogens with zero attached hydrogens (tertiary/aromatic N) is 3. The van der Waals surface area contributed by atoms with E-state index in [9.17, 15) is 13.2 Å². The van der Waals surface area contributed by atoms with Gasteiger partial charge in [-0.3, -0.25) is 0 Å². The van der Waals surface area contributed by atoms with Gasteiger partial charge < -0.3 is 5.73 Å². The summed E-state index contributed by atoms with van der Waals surface area (Å²) < 4.78 is 38.1. The summed E-state index contributed by atoms with van der Waals surface area (Å²) in [6, 6.07) is 5.82. The Hall–Kier alpha value is -1.89. The average Bonchev–Trinajstić information content (AvgIpc) is 2.78. The molecule has 0 bridgehead atoms. The summed E-state index contributed by atoms with van der Waals surface area (Å²) in [5.41, 5.74) is 5.04. The van der Waals surface area contributed by atoms with Gasteiger partial charge in [0.05, 0.1) is 5.69 Å². The van der Waals surface area contributed by atoms with Crippen LogP contribution in [-0.2, 0) is 12.7 Å². The SMILES string of the molecule is NCc1cccc(-n2ccc(C(F)(F)F)n2)n1. The lowest BCUT2D eigenvalue weighted by atomic mass is 10.3. The van der Waals surface area contributed by atoms with Gasteiger partial charge in [0, 0.05) is 12.7 Å². The van der Waals surface area contributed by atoms with Gasteiger partial charge in [-0.25, -0.2) is 9.67 Å². The summed E-state index contributed by atoms with van der Waals surface area (Å²) in [4.78, 5) is 4.06. The standard InChI is InChI=1S/C10H9F3N4/c11-10(12,13)8-4-5-17(16-8)9-3-1-2-7(6-14)15-9/h1-5H,6,14H2. The fourth-order valence-corrected chi connectivity index (χ4v) is 1.31. The Labute approximate surface area is 94.9 Å². The van der Waals surface area contributed by atoms with Crippen molar-refractivity contribution in [2.24, 2.45) is 5.73 Å². The predicted molar refractivity (Wildman–Crippen MR) is 54.3 cm³/mol. The van der Waals surface area contributed by atoms with Crippen LogP contribution in [-0.4, -0.2) is 14.8 Å². The molecule has 0 aliphatic carbocycles. The molecule has 2 N–H and O–H groups in total. The molecular weight excluding hydrogens is 233 g/mol. The molecule has 0 fully saturated rings. The molecular formula is C10H9F3N4. The summed E-state index contributed by atoms with van der Waals surface area (Å²) in [6.45, 7) is 0.223. The van der Waals surface area contributed by atoms with E-state index in [2.05, 4.69) is 10.1 Å². The molecule has 2 aromatic rings. The normalized spacial score (nSPS) is 11.8. The van der Waals surface area contributed by atoms with Gasteiger partial charge in [-0.05, 0) is 18.2 Å². The van der Waals surface area contributed by atoms with Gasteiger partial charge in [-0.15, -0.1) is 0 Å². The number of rotatable bonds is 2. The maximum Gasteiger partial charge on any atom is 0.435 e. The molecule has 7 heteroatoms. The molecule has 0 spiro atoms. The van der Waals surface area contributed by atoms with Gasteiger partial charge in [0.2, 0.25) is 0 Å². The van der Waals surface area contributed by atoms with Crippen molar-refractivity contribution < 1.29 is 13.2 Å². The van der Waals surface area contributed by atoms with Crippen molar-refractivity contribution in [2.75, 3.05) is 0 Å². The lowest BCUT2D eigenvalue weighted by Gasteiger charge is -2.03. The second kappa shape index (κ2) is 4.17. The molecule has 0 unspecified atom stereocenters. The van der Waals surface area contributed by atoms with E-state index in [1.54, 1.807) is 18.2 Å². The topological polar surface area (TPSA) is 56.7 Å². The van der Waals surface area contributed by atoms with Crippen LogP contribution in [0.3, 0.4) is 0 Å². The minimum absolute atomic E-state index is 0.223. The summed E-state index contributed by atoms with van der Waals surface area (Å²) in [5, 5.41) is 3.42. The third-order valence-electron chi connectivity index (χ3n) is 2.12. The molecule has 0 radical (unpaired) electrons. The third kappa shape index (κ3) is 2.44. The smallest absolute Gasteiger partial charge is 0.325 e. The zero-order valence-corrected chi connectivity index (χ0v) is 8.65. The molecule has 0 amide bonds. The summed E-state index contributed by atoms with van der Waals surface area (Å²) >= 11 is 0. The molecule has 17 heavy (non-hydrogen) atoms. The van der Waals surface area contributed by atoms with Crippen LogP contribution in [0.15, 0.2) is 30.5 Å². The molecule has 2 rings (SSSR count). The van der Waals surface area contributed by atoms with Crippen molar-refractivity contribution in [2.45, 2.75) is 12.7 Å². The zero-order chi connectivity index (χ0) is 12.5. The summed E-state index contributed by atoms with van der Waals surface area (Å²) in [5.74, 6) is 0.309. The van der Waals surface area contributed by atoms with Gasteiger partial charge in [0.25, 0.3) is 0 Å². The highest BCUT2D eigenvalue weighted by molar-refractivity contribution is 5.24. The first-order valence-corrected chi connectivity index (χ1v) is 4.80. The van der Waals surface area contributed by atoms with E-state index < -0.39 is 11.9 Å². The molecule has 0 aromatic carbocycles. The Morgan fingerprint density at radius 1 is 1.24 bits per heavy atom. The number of pyridine rings is 1. The van der Waals surface area contributed by atoms with Crippen LogP contribution in [0, 0.1) is 0 Å². The highest BCUT2D eigenvalue weighted by atomic mass is 19.4. The van der Waals surface area contributed by atoms with Crippen LogP contribution in [0.25, 0.3) is 5.82 Å². The third-order valence-corrected chi connectivity index (χ3v) is 2.12. The Bertz CT molecular complexity index is 518. The van der Waals surface area contributed by atoms with Gasteiger partial charge in [-0.1, -0.05) is 6.07 Å². The summed E-state index contributed by atoms with van der Waals surface area (Å²) in [7, 11) is 0. The Balaban J connectivity index is 2.37. The molecule has 4 nitrogen and oxygen atoms in total. The number of aromatic nitrogens is 3. The van der Waals surface area contributed by atoms with E-state index in [1.165, 1.54) is 6.20 Å². The molecule has 2 aromatic heterocycles. The molecule has 0 atom stereocenters. The first kappa shape index (κ1) is 11.6. The predicted octanol–water partition coefficient (Wildman–Crippen LogP) is 1.74. The first-order valence-electron chi connectivity index (χ1n) is 4.80. The average molecular weight is 242 g/mol. The van der Waals surface area contributed by atoms with Crippen LogP contribution < -0.4 is 5.73 Å². The van der Waals surface area contributed by atoms with Crippen molar-refractivity contribution in [1.29, 1.82) is 0 Å². The van der Waals surface area contributed by atoms with Crippen molar-refractivity contribution in [3.05, 3.63) is 41.9 Å². The molecule has 0 saturated heterocycles.